The van der Waals surface area contributed by atoms with Gasteiger partial charge in [0.15, 0.2) is 5.82 Å². The van der Waals surface area contributed by atoms with Gasteiger partial charge in [-0.15, -0.1) is 5.10 Å². The fraction of sp³-hybridized carbons (Fsp3) is 0.682. The summed E-state index contributed by atoms with van der Waals surface area (Å²) in [5.74, 6) is 1.48. The summed E-state index contributed by atoms with van der Waals surface area (Å²) < 4.78 is 1.99. The van der Waals surface area contributed by atoms with Crippen molar-refractivity contribution >= 4 is 0 Å². The second-order valence-electron chi connectivity index (χ2n) is 8.73. The summed E-state index contributed by atoms with van der Waals surface area (Å²) in [5, 5.41) is 12.8. The normalized spacial score (nSPS) is 21.2. The number of benzene rings is 1. The molecule has 0 bridgehead atoms. The molecule has 1 atom stereocenters. The van der Waals surface area contributed by atoms with E-state index < -0.39 is 0 Å². The Morgan fingerprint density at radius 1 is 0.964 bits per heavy atom. The molecule has 1 aliphatic heterocycles. The molecule has 1 aromatic carbocycles. The third-order valence-corrected chi connectivity index (χ3v) is 6.46. The van der Waals surface area contributed by atoms with Gasteiger partial charge >= 0.3 is 0 Å². The van der Waals surface area contributed by atoms with Gasteiger partial charge in [-0.3, -0.25) is 9.80 Å². The highest BCUT2D eigenvalue weighted by molar-refractivity contribution is 5.15. The molecule has 0 spiro atoms. The highest BCUT2D eigenvalue weighted by Crippen LogP contribution is 2.30. The number of hydrogen-bond donors (Lipinski definition) is 0. The first-order valence-corrected chi connectivity index (χ1v) is 11.0. The van der Waals surface area contributed by atoms with Gasteiger partial charge in [-0.25, -0.2) is 4.68 Å². The molecule has 2 heterocycles. The molecular formula is C22H34N6. The molecule has 0 N–H and O–H groups in total. The number of rotatable bonds is 6. The Hall–Kier alpha value is -1.79. The lowest BCUT2D eigenvalue weighted by atomic mass is 9.93. The largest absolute Gasteiger partial charge is 0.298 e. The summed E-state index contributed by atoms with van der Waals surface area (Å²) in [7, 11) is 0. The molecule has 1 saturated heterocycles. The van der Waals surface area contributed by atoms with Gasteiger partial charge in [0.1, 0.15) is 0 Å². The first kappa shape index (κ1) is 19.5. The minimum absolute atomic E-state index is 0.271. The number of nitrogens with zero attached hydrogens (tertiary/aromatic N) is 6. The quantitative estimate of drug-likeness (QED) is 0.767. The van der Waals surface area contributed by atoms with Crippen LogP contribution in [0.1, 0.15) is 63.4 Å². The maximum absolute atomic E-state index is 4.46. The molecule has 2 fully saturated rings. The zero-order valence-electron chi connectivity index (χ0n) is 17.4. The van der Waals surface area contributed by atoms with E-state index in [0.29, 0.717) is 5.92 Å². The Kier molecular flexibility index (Phi) is 6.37. The van der Waals surface area contributed by atoms with Crippen molar-refractivity contribution in [3.8, 4) is 0 Å². The van der Waals surface area contributed by atoms with Crippen molar-refractivity contribution in [1.29, 1.82) is 0 Å². The highest BCUT2D eigenvalue weighted by atomic mass is 15.6. The highest BCUT2D eigenvalue weighted by Gasteiger charge is 2.33. The number of aromatic nitrogens is 4. The average molecular weight is 383 g/mol. The van der Waals surface area contributed by atoms with E-state index >= 15 is 0 Å². The van der Waals surface area contributed by atoms with Gasteiger partial charge < -0.3 is 0 Å². The van der Waals surface area contributed by atoms with Gasteiger partial charge in [0.2, 0.25) is 0 Å². The van der Waals surface area contributed by atoms with Crippen molar-refractivity contribution in [3.05, 3.63) is 41.7 Å². The first-order valence-electron chi connectivity index (χ1n) is 11.0. The lowest BCUT2D eigenvalue weighted by Crippen LogP contribution is -2.52. The van der Waals surface area contributed by atoms with Crippen LogP contribution in [0.15, 0.2) is 30.3 Å². The van der Waals surface area contributed by atoms with Crippen molar-refractivity contribution in [2.45, 2.75) is 64.6 Å². The Morgan fingerprint density at radius 3 is 2.36 bits per heavy atom. The molecule has 2 aliphatic rings. The molecule has 6 nitrogen and oxygen atoms in total. The van der Waals surface area contributed by atoms with Gasteiger partial charge in [-0.1, -0.05) is 63.4 Å². The number of piperazine rings is 1. The van der Waals surface area contributed by atoms with E-state index in [9.17, 15) is 0 Å². The van der Waals surface area contributed by atoms with E-state index in [1.807, 2.05) is 10.7 Å². The van der Waals surface area contributed by atoms with Crippen molar-refractivity contribution in [1.82, 2.24) is 30.0 Å². The average Bonchev–Trinajstić information content (AvgIpc) is 3.17. The summed E-state index contributed by atoms with van der Waals surface area (Å²) >= 11 is 0. The van der Waals surface area contributed by atoms with Gasteiger partial charge in [0.05, 0.1) is 12.6 Å². The van der Waals surface area contributed by atoms with E-state index in [2.05, 4.69) is 63.4 Å². The van der Waals surface area contributed by atoms with Crippen LogP contribution in [0.3, 0.4) is 0 Å². The van der Waals surface area contributed by atoms with Crippen LogP contribution in [0.25, 0.3) is 0 Å². The van der Waals surface area contributed by atoms with Gasteiger partial charge in [-0.2, -0.15) is 0 Å². The summed E-state index contributed by atoms with van der Waals surface area (Å²) in [6, 6.07) is 11.6. The Labute approximate surface area is 168 Å². The first-order chi connectivity index (χ1) is 13.7. The van der Waals surface area contributed by atoms with E-state index in [-0.39, 0.29) is 6.04 Å². The molecule has 152 valence electrons. The predicted molar refractivity (Wildman–Crippen MR) is 111 cm³/mol. The van der Waals surface area contributed by atoms with E-state index in [4.69, 9.17) is 0 Å². The van der Waals surface area contributed by atoms with Gasteiger partial charge in [0.25, 0.3) is 0 Å². The second kappa shape index (κ2) is 9.14. The number of hydrogen-bond acceptors (Lipinski definition) is 5. The second-order valence-corrected chi connectivity index (χ2v) is 8.73. The Bertz CT molecular complexity index is 714. The molecule has 0 unspecified atom stereocenters. The minimum atomic E-state index is 0.271. The zero-order chi connectivity index (χ0) is 19.3. The summed E-state index contributed by atoms with van der Waals surface area (Å²) in [6.45, 7) is 9.88. The fourth-order valence-electron chi connectivity index (χ4n) is 5.00. The minimum Gasteiger partial charge on any atom is -0.298 e. The van der Waals surface area contributed by atoms with Crippen LogP contribution in [0.2, 0.25) is 0 Å². The summed E-state index contributed by atoms with van der Waals surface area (Å²) in [6.07, 6.45) is 7.03. The SMILES string of the molecule is CC(C)[C@@H](c1nnnn1Cc1ccccc1)N1CCN(C2CCCCC2)CC1. The third-order valence-electron chi connectivity index (χ3n) is 6.46. The Morgan fingerprint density at radius 2 is 1.68 bits per heavy atom. The zero-order valence-corrected chi connectivity index (χ0v) is 17.4. The molecule has 4 rings (SSSR count). The van der Waals surface area contributed by atoms with E-state index in [1.54, 1.807) is 0 Å². The summed E-state index contributed by atoms with van der Waals surface area (Å²) in [5.41, 5.74) is 1.24. The topological polar surface area (TPSA) is 50.1 Å². The molecule has 0 amide bonds. The van der Waals surface area contributed by atoms with Crippen molar-refractivity contribution in [2.75, 3.05) is 26.2 Å². The van der Waals surface area contributed by atoms with E-state index in [1.165, 1.54) is 50.8 Å². The lowest BCUT2D eigenvalue weighted by molar-refractivity contribution is 0.0394. The van der Waals surface area contributed by atoms with Crippen LogP contribution in [0.4, 0.5) is 0 Å². The van der Waals surface area contributed by atoms with Crippen molar-refractivity contribution < 1.29 is 0 Å². The van der Waals surface area contributed by atoms with Crippen molar-refractivity contribution in [3.63, 3.8) is 0 Å². The maximum Gasteiger partial charge on any atom is 0.169 e. The molecule has 0 radical (unpaired) electrons. The van der Waals surface area contributed by atoms with Gasteiger partial charge in [0, 0.05) is 32.2 Å². The van der Waals surface area contributed by atoms with Crippen molar-refractivity contribution in [2.24, 2.45) is 5.92 Å². The molecule has 1 aromatic heterocycles. The van der Waals surface area contributed by atoms with E-state index in [0.717, 1.165) is 31.5 Å². The van der Waals surface area contributed by atoms with Crippen LogP contribution < -0.4 is 0 Å². The molecule has 28 heavy (non-hydrogen) atoms. The van der Waals surface area contributed by atoms with Crippen LogP contribution in [0.5, 0.6) is 0 Å². The fourth-order valence-corrected chi connectivity index (χ4v) is 5.00. The molecule has 6 heteroatoms. The van der Waals surface area contributed by atoms with Crippen LogP contribution in [0, 0.1) is 5.92 Å². The van der Waals surface area contributed by atoms with Crippen LogP contribution in [-0.2, 0) is 6.54 Å². The predicted octanol–water partition coefficient (Wildman–Crippen LogP) is 3.37. The van der Waals surface area contributed by atoms with Crippen LogP contribution >= 0.6 is 0 Å². The molecule has 2 aromatic rings. The number of tetrazole rings is 1. The smallest absolute Gasteiger partial charge is 0.169 e. The molecular weight excluding hydrogens is 348 g/mol. The monoisotopic (exact) mass is 382 g/mol. The molecule has 1 saturated carbocycles. The standard InChI is InChI=1S/C22H34N6/c1-18(2)21(22-23-24-25-28(22)17-19-9-5-3-6-10-19)27-15-13-26(14-16-27)20-11-7-4-8-12-20/h3,5-6,9-10,18,20-21H,4,7-8,11-17H2,1-2H3/t21-/m0/s1. The summed E-state index contributed by atoms with van der Waals surface area (Å²) in [4.78, 5) is 5.34. The third kappa shape index (κ3) is 4.44. The lowest BCUT2D eigenvalue weighted by Gasteiger charge is -2.43. The van der Waals surface area contributed by atoms with Crippen LogP contribution in [-0.4, -0.2) is 62.2 Å². The maximum atomic E-state index is 4.46. The molecule has 1 aliphatic carbocycles. The Balaban J connectivity index is 1.44. The van der Waals surface area contributed by atoms with Gasteiger partial charge in [-0.05, 0) is 34.7 Å².